The quantitative estimate of drug-likeness (QED) is 0.567. The van der Waals surface area contributed by atoms with Crippen LogP contribution >= 0.6 is 0 Å². The molecule has 2 rings (SSSR count). The second-order valence-corrected chi connectivity index (χ2v) is 3.39. The van der Waals surface area contributed by atoms with E-state index in [1.165, 1.54) is 25.7 Å². The molecule has 0 saturated carbocycles. The average molecular weight is 143 g/mol. The first-order chi connectivity index (χ1) is 4.92. The number of hydrogen-bond donors (Lipinski definition) is 0. The van der Waals surface area contributed by atoms with Crippen molar-refractivity contribution in [2.45, 2.75) is 37.8 Å². The highest BCUT2D eigenvalue weighted by molar-refractivity contribution is 4.94. The summed E-state index contributed by atoms with van der Waals surface area (Å²) in [6.45, 7) is 0.530. The van der Waals surface area contributed by atoms with Gasteiger partial charge in [0.25, 0.3) is 0 Å². The molecule has 2 aliphatic rings. The van der Waals surface area contributed by atoms with Crippen LogP contribution in [0.4, 0.5) is 4.39 Å². The van der Waals surface area contributed by atoms with E-state index in [1.807, 2.05) is 0 Å². The van der Waals surface area contributed by atoms with Gasteiger partial charge in [0.05, 0.1) is 0 Å². The SMILES string of the molecule is FCCN1C2CCC1CC2. The Balaban J connectivity index is 1.96. The molecule has 1 nitrogen and oxygen atoms in total. The Morgan fingerprint density at radius 1 is 1.10 bits per heavy atom. The van der Waals surface area contributed by atoms with Crippen molar-refractivity contribution in [2.75, 3.05) is 13.2 Å². The van der Waals surface area contributed by atoms with E-state index >= 15 is 0 Å². The Labute approximate surface area is 61.2 Å². The lowest BCUT2D eigenvalue weighted by Gasteiger charge is -2.18. The molecule has 0 spiro atoms. The minimum Gasteiger partial charge on any atom is -0.295 e. The van der Waals surface area contributed by atoms with Crippen molar-refractivity contribution in [3.05, 3.63) is 0 Å². The van der Waals surface area contributed by atoms with Crippen LogP contribution in [0.3, 0.4) is 0 Å². The maximum Gasteiger partial charge on any atom is 0.102 e. The first kappa shape index (κ1) is 6.59. The van der Waals surface area contributed by atoms with Crippen LogP contribution in [0.25, 0.3) is 0 Å². The Morgan fingerprint density at radius 3 is 2.00 bits per heavy atom. The smallest absolute Gasteiger partial charge is 0.102 e. The van der Waals surface area contributed by atoms with Crippen molar-refractivity contribution in [1.82, 2.24) is 4.90 Å². The maximum absolute atomic E-state index is 12.0. The van der Waals surface area contributed by atoms with Crippen LogP contribution in [0.5, 0.6) is 0 Å². The molecule has 2 fully saturated rings. The van der Waals surface area contributed by atoms with Gasteiger partial charge in [-0.15, -0.1) is 0 Å². The molecule has 0 aromatic heterocycles. The molecule has 0 unspecified atom stereocenters. The van der Waals surface area contributed by atoms with Gasteiger partial charge in [-0.25, -0.2) is 4.39 Å². The number of hydrogen-bond acceptors (Lipinski definition) is 1. The summed E-state index contributed by atoms with van der Waals surface area (Å²) in [5, 5.41) is 0. The first-order valence-electron chi connectivity index (χ1n) is 4.23. The molecule has 0 aromatic rings. The Morgan fingerprint density at radius 2 is 1.60 bits per heavy atom. The number of halogens is 1. The second kappa shape index (κ2) is 2.50. The molecular formula is C8H14FN. The van der Waals surface area contributed by atoms with Gasteiger partial charge in [-0.2, -0.15) is 0 Å². The number of rotatable bonds is 2. The van der Waals surface area contributed by atoms with Crippen molar-refractivity contribution >= 4 is 0 Å². The van der Waals surface area contributed by atoms with Crippen LogP contribution in [-0.4, -0.2) is 30.2 Å². The topological polar surface area (TPSA) is 3.24 Å². The molecule has 58 valence electrons. The molecule has 10 heavy (non-hydrogen) atoms. The first-order valence-corrected chi connectivity index (χ1v) is 4.23. The van der Waals surface area contributed by atoms with E-state index in [0.717, 1.165) is 12.1 Å². The third-order valence-electron chi connectivity index (χ3n) is 2.95. The Bertz CT molecular complexity index is 106. The summed E-state index contributed by atoms with van der Waals surface area (Å²) in [5.74, 6) is 0. The third-order valence-corrected chi connectivity index (χ3v) is 2.95. The number of fused-ring (bicyclic) bond motifs is 2. The van der Waals surface area contributed by atoms with Gasteiger partial charge >= 0.3 is 0 Å². The largest absolute Gasteiger partial charge is 0.295 e. The van der Waals surface area contributed by atoms with Crippen molar-refractivity contribution in [3.8, 4) is 0 Å². The fourth-order valence-electron chi connectivity index (χ4n) is 2.48. The third kappa shape index (κ3) is 0.858. The van der Waals surface area contributed by atoms with Gasteiger partial charge in [-0.3, -0.25) is 4.90 Å². The van der Waals surface area contributed by atoms with Gasteiger partial charge in [0.1, 0.15) is 6.67 Å². The van der Waals surface area contributed by atoms with Gasteiger partial charge in [-0.05, 0) is 25.7 Å². The summed E-state index contributed by atoms with van der Waals surface area (Å²) in [4.78, 5) is 2.36. The summed E-state index contributed by atoms with van der Waals surface area (Å²) in [5.41, 5.74) is 0. The van der Waals surface area contributed by atoms with Crippen LogP contribution in [0, 0.1) is 0 Å². The normalized spacial score (nSPS) is 39.3. The van der Waals surface area contributed by atoms with Crippen molar-refractivity contribution in [1.29, 1.82) is 0 Å². The Kier molecular flexibility index (Phi) is 1.65. The predicted octanol–water partition coefficient (Wildman–Crippen LogP) is 1.58. The fraction of sp³-hybridized carbons (Fsp3) is 1.00. The molecule has 2 heteroatoms. The summed E-state index contributed by atoms with van der Waals surface area (Å²) in [7, 11) is 0. The van der Waals surface area contributed by atoms with E-state index in [0.29, 0.717) is 6.54 Å². The molecule has 0 atom stereocenters. The van der Waals surface area contributed by atoms with Crippen LogP contribution in [0.1, 0.15) is 25.7 Å². The van der Waals surface area contributed by atoms with E-state index in [4.69, 9.17) is 0 Å². The fourth-order valence-corrected chi connectivity index (χ4v) is 2.48. The molecule has 2 heterocycles. The molecule has 0 amide bonds. The zero-order valence-corrected chi connectivity index (χ0v) is 6.22. The molecule has 0 radical (unpaired) electrons. The minimum absolute atomic E-state index is 0.160. The lowest BCUT2D eigenvalue weighted by atomic mass is 10.0. The van der Waals surface area contributed by atoms with E-state index in [-0.39, 0.29) is 6.67 Å². The standard InChI is InChI=1S/C8H14FN/c9-5-6-10-7-1-2-8(10)4-3-7/h7-8H,1-6H2. The molecule has 0 aromatic carbocycles. The molecule has 0 aliphatic carbocycles. The zero-order valence-electron chi connectivity index (χ0n) is 6.22. The monoisotopic (exact) mass is 143 g/mol. The van der Waals surface area contributed by atoms with E-state index in [2.05, 4.69) is 4.90 Å². The highest BCUT2D eigenvalue weighted by atomic mass is 19.1. The van der Waals surface area contributed by atoms with Gasteiger partial charge < -0.3 is 0 Å². The highest BCUT2D eigenvalue weighted by Crippen LogP contribution is 2.36. The summed E-state index contributed by atoms with van der Waals surface area (Å²) < 4.78 is 12.0. The molecule has 2 bridgehead atoms. The van der Waals surface area contributed by atoms with Crippen molar-refractivity contribution in [3.63, 3.8) is 0 Å². The number of nitrogens with zero attached hydrogens (tertiary/aromatic N) is 1. The maximum atomic E-state index is 12.0. The average Bonchev–Trinajstić information content (AvgIpc) is 2.50. The minimum atomic E-state index is -0.160. The van der Waals surface area contributed by atoms with E-state index < -0.39 is 0 Å². The molecular weight excluding hydrogens is 129 g/mol. The van der Waals surface area contributed by atoms with Crippen molar-refractivity contribution in [2.24, 2.45) is 0 Å². The zero-order chi connectivity index (χ0) is 6.97. The predicted molar refractivity (Wildman–Crippen MR) is 38.7 cm³/mol. The van der Waals surface area contributed by atoms with E-state index in [9.17, 15) is 4.39 Å². The van der Waals surface area contributed by atoms with Crippen molar-refractivity contribution < 1.29 is 4.39 Å². The number of alkyl halides is 1. The highest BCUT2D eigenvalue weighted by Gasteiger charge is 2.38. The van der Waals surface area contributed by atoms with Crippen LogP contribution in [-0.2, 0) is 0 Å². The molecule has 2 saturated heterocycles. The van der Waals surface area contributed by atoms with E-state index in [1.54, 1.807) is 0 Å². The summed E-state index contributed by atoms with van der Waals surface area (Å²) in [6.07, 6.45) is 5.30. The Hall–Kier alpha value is -0.110. The van der Waals surface area contributed by atoms with Gasteiger partial charge in [0.15, 0.2) is 0 Å². The summed E-state index contributed by atoms with van der Waals surface area (Å²) >= 11 is 0. The summed E-state index contributed by atoms with van der Waals surface area (Å²) in [6, 6.07) is 1.50. The lowest BCUT2D eigenvalue weighted by Crippen LogP contribution is -2.30. The second-order valence-electron chi connectivity index (χ2n) is 3.39. The van der Waals surface area contributed by atoms with Gasteiger partial charge in [-0.1, -0.05) is 0 Å². The molecule has 0 N–H and O–H groups in total. The van der Waals surface area contributed by atoms with Crippen LogP contribution in [0.2, 0.25) is 0 Å². The molecule has 2 aliphatic heterocycles. The van der Waals surface area contributed by atoms with Gasteiger partial charge in [0, 0.05) is 18.6 Å². The van der Waals surface area contributed by atoms with Crippen LogP contribution in [0.15, 0.2) is 0 Å². The van der Waals surface area contributed by atoms with Gasteiger partial charge in [0.2, 0.25) is 0 Å². The van der Waals surface area contributed by atoms with Crippen LogP contribution < -0.4 is 0 Å². The lowest BCUT2D eigenvalue weighted by molar-refractivity contribution is 0.229.